The molecule has 2 aliphatic rings. The van der Waals surface area contributed by atoms with Crippen molar-refractivity contribution in [1.29, 1.82) is 0 Å². The Morgan fingerprint density at radius 3 is 3.06 bits per heavy atom. The van der Waals surface area contributed by atoms with Crippen LogP contribution in [0.15, 0.2) is 6.20 Å². The molecule has 94 valence electrons. The van der Waals surface area contributed by atoms with Crippen molar-refractivity contribution in [1.82, 2.24) is 10.3 Å². The van der Waals surface area contributed by atoms with Gasteiger partial charge in [0.05, 0.1) is 0 Å². The van der Waals surface area contributed by atoms with Gasteiger partial charge in [-0.1, -0.05) is 0 Å². The first-order valence-electron chi connectivity index (χ1n) is 6.77. The summed E-state index contributed by atoms with van der Waals surface area (Å²) in [5, 5.41) is 4.78. The Morgan fingerprint density at radius 2 is 2.29 bits per heavy atom. The number of piperidine rings is 1. The van der Waals surface area contributed by atoms with Crippen molar-refractivity contribution in [2.24, 2.45) is 0 Å². The van der Waals surface area contributed by atoms with E-state index < -0.39 is 0 Å². The molecule has 0 amide bonds. The van der Waals surface area contributed by atoms with Crippen LogP contribution in [0.2, 0.25) is 0 Å². The van der Waals surface area contributed by atoms with Gasteiger partial charge in [0.25, 0.3) is 0 Å². The van der Waals surface area contributed by atoms with E-state index >= 15 is 0 Å². The van der Waals surface area contributed by atoms with E-state index in [0.717, 1.165) is 12.6 Å². The van der Waals surface area contributed by atoms with Crippen LogP contribution in [0.3, 0.4) is 0 Å². The fourth-order valence-corrected chi connectivity index (χ4v) is 3.42. The lowest BCUT2D eigenvalue weighted by Gasteiger charge is -2.33. The molecule has 3 rings (SSSR count). The fourth-order valence-electron chi connectivity index (χ4n) is 2.43. The molecule has 2 fully saturated rings. The molecule has 1 aromatic heterocycles. The highest BCUT2D eigenvalue weighted by Crippen LogP contribution is 2.29. The van der Waals surface area contributed by atoms with Gasteiger partial charge in [-0.2, -0.15) is 0 Å². The van der Waals surface area contributed by atoms with Crippen molar-refractivity contribution in [2.45, 2.75) is 57.7 Å². The van der Waals surface area contributed by atoms with Crippen LogP contribution in [0.4, 0.5) is 5.13 Å². The summed E-state index contributed by atoms with van der Waals surface area (Å²) in [6.07, 6.45) is 8.77. The van der Waals surface area contributed by atoms with Crippen LogP contribution in [-0.4, -0.2) is 23.6 Å². The highest BCUT2D eigenvalue weighted by molar-refractivity contribution is 7.15. The molecule has 4 heteroatoms. The fraction of sp³-hybridized carbons (Fsp3) is 0.769. The van der Waals surface area contributed by atoms with Crippen molar-refractivity contribution < 1.29 is 0 Å². The largest absolute Gasteiger partial charge is 0.345 e. The summed E-state index contributed by atoms with van der Waals surface area (Å²) in [4.78, 5) is 8.45. The van der Waals surface area contributed by atoms with Gasteiger partial charge in [-0.15, -0.1) is 11.3 Å². The van der Waals surface area contributed by atoms with Gasteiger partial charge >= 0.3 is 0 Å². The Bertz CT molecular complexity index is 372. The number of hydrogen-bond acceptors (Lipinski definition) is 4. The predicted octanol–water partition coefficient (Wildman–Crippen LogP) is 2.77. The topological polar surface area (TPSA) is 28.2 Å². The predicted molar refractivity (Wildman–Crippen MR) is 72.6 cm³/mol. The van der Waals surface area contributed by atoms with Crippen LogP contribution in [0, 0.1) is 0 Å². The van der Waals surface area contributed by atoms with E-state index in [2.05, 4.69) is 28.3 Å². The molecule has 2 heterocycles. The normalized spacial score (nSPS) is 25.2. The van der Waals surface area contributed by atoms with E-state index in [1.165, 1.54) is 48.7 Å². The number of anilines is 1. The van der Waals surface area contributed by atoms with Crippen molar-refractivity contribution in [2.75, 3.05) is 11.4 Å². The van der Waals surface area contributed by atoms with Gasteiger partial charge < -0.3 is 10.2 Å². The number of thiazole rings is 1. The number of nitrogens with zero attached hydrogens (tertiary/aromatic N) is 2. The summed E-state index contributed by atoms with van der Waals surface area (Å²) >= 11 is 1.87. The first-order valence-corrected chi connectivity index (χ1v) is 7.59. The lowest BCUT2D eigenvalue weighted by molar-refractivity contribution is 0.484. The summed E-state index contributed by atoms with van der Waals surface area (Å²) in [5.41, 5.74) is 0. The van der Waals surface area contributed by atoms with E-state index in [4.69, 9.17) is 0 Å². The zero-order valence-corrected chi connectivity index (χ0v) is 11.3. The third-order valence-electron chi connectivity index (χ3n) is 3.73. The van der Waals surface area contributed by atoms with E-state index in [0.29, 0.717) is 6.04 Å². The third-order valence-corrected chi connectivity index (χ3v) is 4.77. The zero-order chi connectivity index (χ0) is 11.7. The van der Waals surface area contributed by atoms with Crippen molar-refractivity contribution in [3.05, 3.63) is 11.1 Å². The molecule has 17 heavy (non-hydrogen) atoms. The standard InChI is InChI=1S/C13H21N3S/c1-10-4-2-3-7-16(10)13-15-9-12(17-13)8-14-11-5-6-11/h9-11,14H,2-8H2,1H3. The van der Waals surface area contributed by atoms with E-state index in [9.17, 15) is 0 Å². The Labute approximate surface area is 107 Å². The second kappa shape index (κ2) is 4.94. The molecular formula is C13H21N3S. The molecular weight excluding hydrogens is 230 g/mol. The maximum absolute atomic E-state index is 4.59. The smallest absolute Gasteiger partial charge is 0.185 e. The van der Waals surface area contributed by atoms with Gasteiger partial charge in [0.15, 0.2) is 5.13 Å². The molecule has 0 aromatic carbocycles. The molecule has 1 aromatic rings. The van der Waals surface area contributed by atoms with Crippen molar-refractivity contribution in [3.63, 3.8) is 0 Å². The zero-order valence-electron chi connectivity index (χ0n) is 10.5. The molecule has 1 aliphatic carbocycles. The summed E-state index contributed by atoms with van der Waals surface area (Å²) in [5.74, 6) is 0. The Balaban J connectivity index is 1.61. The molecule has 0 bridgehead atoms. The maximum Gasteiger partial charge on any atom is 0.185 e. The second-order valence-corrected chi connectivity index (χ2v) is 6.40. The SMILES string of the molecule is CC1CCCCN1c1ncc(CNC2CC2)s1. The maximum atomic E-state index is 4.59. The minimum Gasteiger partial charge on any atom is -0.345 e. The molecule has 0 radical (unpaired) electrons. The summed E-state index contributed by atoms with van der Waals surface area (Å²) in [7, 11) is 0. The lowest BCUT2D eigenvalue weighted by atomic mass is 10.1. The van der Waals surface area contributed by atoms with Crippen LogP contribution in [0.1, 0.15) is 43.9 Å². The Hall–Kier alpha value is -0.610. The molecule has 3 nitrogen and oxygen atoms in total. The van der Waals surface area contributed by atoms with Crippen LogP contribution >= 0.6 is 11.3 Å². The first-order chi connectivity index (χ1) is 8.33. The third kappa shape index (κ3) is 2.80. The molecule has 1 unspecified atom stereocenters. The van der Waals surface area contributed by atoms with Crippen LogP contribution < -0.4 is 10.2 Å². The van der Waals surface area contributed by atoms with Gasteiger partial charge in [0, 0.05) is 36.2 Å². The van der Waals surface area contributed by atoms with E-state index in [1.54, 1.807) is 0 Å². The molecule has 1 N–H and O–H groups in total. The molecule has 1 atom stereocenters. The average molecular weight is 251 g/mol. The summed E-state index contributed by atoms with van der Waals surface area (Å²) < 4.78 is 0. The average Bonchev–Trinajstić information content (AvgIpc) is 3.06. The molecule has 1 saturated heterocycles. The number of hydrogen-bond donors (Lipinski definition) is 1. The highest BCUT2D eigenvalue weighted by Gasteiger charge is 2.22. The van der Waals surface area contributed by atoms with Gasteiger partial charge in [-0.05, 0) is 39.0 Å². The van der Waals surface area contributed by atoms with Crippen molar-refractivity contribution >= 4 is 16.5 Å². The van der Waals surface area contributed by atoms with E-state index in [-0.39, 0.29) is 0 Å². The Kier molecular flexibility index (Phi) is 3.34. The summed E-state index contributed by atoms with van der Waals surface area (Å²) in [6.45, 7) is 4.51. The van der Waals surface area contributed by atoms with E-state index in [1.807, 2.05) is 11.3 Å². The number of nitrogens with one attached hydrogen (secondary N) is 1. The summed E-state index contributed by atoms with van der Waals surface area (Å²) in [6, 6.07) is 1.45. The van der Waals surface area contributed by atoms with Gasteiger partial charge in [-0.25, -0.2) is 4.98 Å². The van der Waals surface area contributed by atoms with Crippen LogP contribution in [-0.2, 0) is 6.54 Å². The molecule has 0 spiro atoms. The second-order valence-electron chi connectivity index (χ2n) is 5.30. The lowest BCUT2D eigenvalue weighted by Crippen LogP contribution is -2.37. The van der Waals surface area contributed by atoms with Gasteiger partial charge in [0.1, 0.15) is 0 Å². The Morgan fingerprint density at radius 1 is 1.41 bits per heavy atom. The minimum atomic E-state index is 0.666. The quantitative estimate of drug-likeness (QED) is 0.892. The number of rotatable bonds is 4. The van der Waals surface area contributed by atoms with Gasteiger partial charge in [0.2, 0.25) is 0 Å². The molecule has 1 saturated carbocycles. The first kappa shape index (κ1) is 11.5. The molecule has 1 aliphatic heterocycles. The van der Waals surface area contributed by atoms with Crippen molar-refractivity contribution in [3.8, 4) is 0 Å². The van der Waals surface area contributed by atoms with Gasteiger partial charge in [-0.3, -0.25) is 0 Å². The minimum absolute atomic E-state index is 0.666. The van der Waals surface area contributed by atoms with Crippen LogP contribution in [0.5, 0.6) is 0 Å². The monoisotopic (exact) mass is 251 g/mol. The highest BCUT2D eigenvalue weighted by atomic mass is 32.1. The number of aromatic nitrogens is 1. The van der Waals surface area contributed by atoms with Crippen LogP contribution in [0.25, 0.3) is 0 Å².